The second-order valence-corrected chi connectivity index (χ2v) is 5.07. The fourth-order valence-electron chi connectivity index (χ4n) is 3.51. The van der Waals surface area contributed by atoms with Crippen LogP contribution in [0.25, 0.3) is 0 Å². The Hall–Kier alpha value is -0.546. The van der Waals surface area contributed by atoms with Crippen molar-refractivity contribution in [3.63, 3.8) is 0 Å². The summed E-state index contributed by atoms with van der Waals surface area (Å²) in [5.41, 5.74) is 7.07. The van der Waals surface area contributed by atoms with Gasteiger partial charge in [-0.05, 0) is 25.2 Å². The predicted molar refractivity (Wildman–Crippen MR) is 80.4 cm³/mol. The number of allylic oxidation sites excluding steroid dienone is 4. The average Bonchev–Trinajstić information content (AvgIpc) is 2.86. The SMILES string of the molecule is CC1C2=C(CCC[CH-]2)C2=C1CCCC2.C[O-].C[O-].O=CO.[Ti+3]. The Labute approximate surface area is 149 Å². The molecule has 0 saturated heterocycles. The van der Waals surface area contributed by atoms with Gasteiger partial charge in [-0.25, -0.2) is 12.0 Å². The molecule has 3 aliphatic rings. The van der Waals surface area contributed by atoms with Gasteiger partial charge in [0.1, 0.15) is 0 Å². The molecule has 0 aromatic rings. The fourth-order valence-corrected chi connectivity index (χ4v) is 3.51. The van der Waals surface area contributed by atoms with Gasteiger partial charge in [0.2, 0.25) is 0 Å². The summed E-state index contributed by atoms with van der Waals surface area (Å²) >= 11 is 0. The Morgan fingerprint density at radius 1 is 1.05 bits per heavy atom. The number of carboxylic acid groups (broad SMARTS) is 1. The van der Waals surface area contributed by atoms with Gasteiger partial charge in [0.15, 0.2) is 0 Å². The summed E-state index contributed by atoms with van der Waals surface area (Å²) in [4.78, 5) is 8.36. The molecule has 3 rings (SSSR count). The van der Waals surface area contributed by atoms with Gasteiger partial charge < -0.3 is 15.3 Å². The van der Waals surface area contributed by atoms with Crippen molar-refractivity contribution in [2.45, 2.75) is 51.9 Å². The van der Waals surface area contributed by atoms with E-state index in [9.17, 15) is 0 Å². The summed E-state index contributed by atoms with van der Waals surface area (Å²) in [6.45, 7) is 2.17. The minimum atomic E-state index is -0.250. The maximum Gasteiger partial charge on any atom is 3.00 e. The monoisotopic (exact) mass is 343 g/mol. The van der Waals surface area contributed by atoms with Crippen molar-refractivity contribution in [1.29, 1.82) is 0 Å². The number of hydrogen-bond donors (Lipinski definition) is 1. The van der Waals surface area contributed by atoms with E-state index in [4.69, 9.17) is 20.1 Å². The molecule has 0 fully saturated rings. The molecule has 1 radical (unpaired) electrons. The van der Waals surface area contributed by atoms with Gasteiger partial charge in [-0.1, -0.05) is 31.8 Å². The van der Waals surface area contributed by atoms with E-state index in [0.29, 0.717) is 0 Å². The van der Waals surface area contributed by atoms with Gasteiger partial charge >= 0.3 is 21.7 Å². The molecule has 0 amide bonds. The average molecular weight is 343 g/mol. The molecule has 0 saturated carbocycles. The van der Waals surface area contributed by atoms with E-state index >= 15 is 0 Å². The molecule has 1 atom stereocenters. The molecule has 0 bridgehead atoms. The molecule has 0 spiro atoms. The molecule has 0 aliphatic heterocycles. The standard InChI is InChI=1S/C14H19.CH2O2.2CH3O.Ti/c1-10-11-6-2-4-8-13(11)14-9-5-3-7-12(10)14;2-1-3;2*1-2;/h6,10H,2-5,7-9H2,1H3;1H,(H,2,3);2*1H3;/q-1;;2*-1;+3. The van der Waals surface area contributed by atoms with Crippen molar-refractivity contribution < 1.29 is 41.8 Å². The summed E-state index contributed by atoms with van der Waals surface area (Å²) in [6, 6.07) is 0. The van der Waals surface area contributed by atoms with Crippen LogP contribution in [0.1, 0.15) is 51.9 Å². The fraction of sp³-hybridized carbons (Fsp3) is 0.647. The topological polar surface area (TPSA) is 83.4 Å². The first-order chi connectivity index (χ1) is 10.3. The molecule has 1 N–H and O–H groups in total. The van der Waals surface area contributed by atoms with E-state index < -0.39 is 0 Å². The molecule has 1 unspecified atom stereocenters. The number of rotatable bonds is 0. The Morgan fingerprint density at radius 3 is 2.14 bits per heavy atom. The minimum absolute atomic E-state index is 0. The molecule has 123 valence electrons. The van der Waals surface area contributed by atoms with Crippen molar-refractivity contribution in [3.05, 3.63) is 28.7 Å². The van der Waals surface area contributed by atoms with E-state index in [-0.39, 0.29) is 28.2 Å². The summed E-state index contributed by atoms with van der Waals surface area (Å²) in [5, 5.41) is 23.4. The van der Waals surface area contributed by atoms with Crippen molar-refractivity contribution >= 4 is 6.47 Å². The number of carbonyl (C=O) groups is 1. The minimum Gasteiger partial charge on any atom is -0.857 e. The van der Waals surface area contributed by atoms with E-state index in [1.165, 1.54) is 44.9 Å². The molecule has 22 heavy (non-hydrogen) atoms. The summed E-state index contributed by atoms with van der Waals surface area (Å²) in [6.07, 6.45) is 12.2. The van der Waals surface area contributed by atoms with E-state index in [0.717, 1.165) is 20.1 Å². The van der Waals surface area contributed by atoms with Gasteiger partial charge in [-0.3, -0.25) is 4.79 Å². The summed E-state index contributed by atoms with van der Waals surface area (Å²) < 4.78 is 0. The Bertz CT molecular complexity index is 343. The molecule has 3 aliphatic carbocycles. The van der Waals surface area contributed by atoms with Crippen LogP contribution in [0.15, 0.2) is 22.3 Å². The van der Waals surface area contributed by atoms with E-state index in [1.54, 1.807) is 22.3 Å². The second-order valence-electron chi connectivity index (χ2n) is 5.07. The molecule has 0 aromatic heterocycles. The summed E-state index contributed by atoms with van der Waals surface area (Å²) in [5.74, 6) is 0.778. The Kier molecular flexibility index (Phi) is 15.2. The normalized spacial score (nSPS) is 21.0. The maximum atomic E-state index is 8.36. The van der Waals surface area contributed by atoms with Crippen LogP contribution in [-0.2, 0) is 26.5 Å². The molecule has 5 heteroatoms. The Balaban J connectivity index is 0. The van der Waals surface area contributed by atoms with E-state index in [2.05, 4.69) is 13.3 Å². The van der Waals surface area contributed by atoms with Crippen LogP contribution in [0.4, 0.5) is 0 Å². The van der Waals surface area contributed by atoms with Crippen LogP contribution in [0.5, 0.6) is 0 Å². The number of hydrogen-bond acceptors (Lipinski definition) is 3. The predicted octanol–water partition coefficient (Wildman–Crippen LogP) is 1.84. The van der Waals surface area contributed by atoms with Crippen LogP contribution in [0.3, 0.4) is 0 Å². The largest absolute Gasteiger partial charge is 3.00 e. The third-order valence-electron chi connectivity index (χ3n) is 4.21. The van der Waals surface area contributed by atoms with Crippen LogP contribution >= 0.6 is 0 Å². The zero-order valence-corrected chi connectivity index (χ0v) is 15.4. The molecular formula is C17H27O4Ti. The molecule has 4 nitrogen and oxygen atoms in total. The first-order valence-electron chi connectivity index (χ1n) is 7.47. The third-order valence-corrected chi connectivity index (χ3v) is 4.21. The van der Waals surface area contributed by atoms with Gasteiger partial charge in [0, 0.05) is 0 Å². The van der Waals surface area contributed by atoms with Crippen molar-refractivity contribution in [2.75, 3.05) is 14.2 Å². The molecule has 0 aromatic carbocycles. The number of fused-ring (bicyclic) bond motifs is 1. The second kappa shape index (κ2) is 14.1. The summed E-state index contributed by atoms with van der Waals surface area (Å²) in [7, 11) is 1.50. The van der Waals surface area contributed by atoms with E-state index in [1.807, 2.05) is 0 Å². The van der Waals surface area contributed by atoms with Gasteiger partial charge in [0.05, 0.1) is 0 Å². The zero-order valence-electron chi connectivity index (χ0n) is 13.9. The maximum absolute atomic E-state index is 8.36. The van der Waals surface area contributed by atoms with Gasteiger partial charge in [0.25, 0.3) is 6.47 Å². The van der Waals surface area contributed by atoms with Crippen molar-refractivity contribution in [2.24, 2.45) is 5.92 Å². The zero-order chi connectivity index (χ0) is 16.3. The Morgan fingerprint density at radius 2 is 1.55 bits per heavy atom. The quantitative estimate of drug-likeness (QED) is 0.413. The van der Waals surface area contributed by atoms with Crippen LogP contribution < -0.4 is 10.2 Å². The van der Waals surface area contributed by atoms with Crippen LogP contribution in [0.2, 0.25) is 0 Å². The molecule has 0 heterocycles. The first-order valence-corrected chi connectivity index (χ1v) is 7.47. The first kappa shape index (κ1) is 23.7. The van der Waals surface area contributed by atoms with Crippen LogP contribution in [-0.4, -0.2) is 25.8 Å². The van der Waals surface area contributed by atoms with Crippen molar-refractivity contribution in [3.8, 4) is 0 Å². The third kappa shape index (κ3) is 5.92. The van der Waals surface area contributed by atoms with Crippen LogP contribution in [0, 0.1) is 12.3 Å². The smallest absolute Gasteiger partial charge is 0.857 e. The van der Waals surface area contributed by atoms with Crippen molar-refractivity contribution in [1.82, 2.24) is 0 Å². The van der Waals surface area contributed by atoms with Gasteiger partial charge in [-0.2, -0.15) is 19.8 Å². The van der Waals surface area contributed by atoms with Gasteiger partial charge in [-0.15, -0.1) is 12.0 Å². The molecular weight excluding hydrogens is 316 g/mol.